The summed E-state index contributed by atoms with van der Waals surface area (Å²) in [5.74, 6) is 1.54. The highest BCUT2D eigenvalue weighted by atomic mass is 35.5. The number of rotatable bonds is 6. The maximum Gasteiger partial charge on any atom is 0.131 e. The van der Waals surface area contributed by atoms with Gasteiger partial charge in [-0.15, -0.1) is 0 Å². The number of halogens is 1. The van der Waals surface area contributed by atoms with E-state index in [0.717, 1.165) is 22.2 Å². The average molecular weight is 339 g/mol. The Bertz CT molecular complexity index is 792. The molecule has 1 aromatic heterocycles. The van der Waals surface area contributed by atoms with Crippen LogP contribution >= 0.6 is 11.6 Å². The number of benzene rings is 2. The van der Waals surface area contributed by atoms with Gasteiger partial charge in [-0.25, -0.2) is 9.97 Å². The van der Waals surface area contributed by atoms with Crippen LogP contribution in [-0.2, 0) is 6.54 Å². The molecule has 0 bridgehead atoms. The van der Waals surface area contributed by atoms with Crippen LogP contribution in [0.25, 0.3) is 0 Å². The predicted octanol–water partition coefficient (Wildman–Crippen LogP) is 4.92. The molecule has 1 heterocycles. The van der Waals surface area contributed by atoms with Gasteiger partial charge in [0.15, 0.2) is 0 Å². The van der Waals surface area contributed by atoms with Gasteiger partial charge >= 0.3 is 0 Å². The lowest BCUT2D eigenvalue weighted by Crippen LogP contribution is -2.09. The standard InChI is InChI=1S/C19H19ClN4/c1-14(15-7-3-2-4-8-15)24-19-11-18(22-13-23-19)21-12-16-9-5-6-10-17(16)20/h2-11,13-14H,12H2,1H3,(H2,21,22,23,24). The van der Waals surface area contributed by atoms with Crippen molar-refractivity contribution in [1.82, 2.24) is 9.97 Å². The summed E-state index contributed by atoms with van der Waals surface area (Å²) < 4.78 is 0. The molecule has 0 amide bonds. The first-order chi connectivity index (χ1) is 11.7. The fraction of sp³-hybridized carbons (Fsp3) is 0.158. The molecule has 0 aliphatic rings. The first-order valence-electron chi connectivity index (χ1n) is 7.83. The zero-order valence-electron chi connectivity index (χ0n) is 13.4. The van der Waals surface area contributed by atoms with Gasteiger partial charge in [-0.05, 0) is 24.1 Å². The molecule has 0 radical (unpaired) electrons. The first kappa shape index (κ1) is 16.3. The van der Waals surface area contributed by atoms with E-state index in [0.29, 0.717) is 6.54 Å². The number of hydrogen-bond donors (Lipinski definition) is 2. The SMILES string of the molecule is CC(Nc1cc(NCc2ccccc2Cl)ncn1)c1ccccc1. The highest BCUT2D eigenvalue weighted by molar-refractivity contribution is 6.31. The molecular formula is C19H19ClN4. The van der Waals surface area contributed by atoms with E-state index in [1.54, 1.807) is 6.33 Å². The molecule has 1 atom stereocenters. The average Bonchev–Trinajstić information content (AvgIpc) is 2.62. The summed E-state index contributed by atoms with van der Waals surface area (Å²) in [6.45, 7) is 2.72. The molecule has 24 heavy (non-hydrogen) atoms. The molecule has 0 saturated heterocycles. The Hall–Kier alpha value is -2.59. The van der Waals surface area contributed by atoms with E-state index in [1.165, 1.54) is 5.56 Å². The molecule has 3 aromatic rings. The topological polar surface area (TPSA) is 49.8 Å². The van der Waals surface area contributed by atoms with Crippen LogP contribution < -0.4 is 10.6 Å². The Morgan fingerprint density at radius 2 is 1.67 bits per heavy atom. The monoisotopic (exact) mass is 338 g/mol. The third kappa shape index (κ3) is 4.24. The minimum Gasteiger partial charge on any atom is -0.366 e. The van der Waals surface area contributed by atoms with Crippen molar-refractivity contribution in [3.8, 4) is 0 Å². The molecule has 0 saturated carbocycles. The van der Waals surface area contributed by atoms with Crippen LogP contribution in [0.4, 0.5) is 11.6 Å². The summed E-state index contributed by atoms with van der Waals surface area (Å²) in [4.78, 5) is 8.55. The number of aromatic nitrogens is 2. The molecular weight excluding hydrogens is 320 g/mol. The van der Waals surface area contributed by atoms with Crippen molar-refractivity contribution in [3.63, 3.8) is 0 Å². The molecule has 1 unspecified atom stereocenters. The van der Waals surface area contributed by atoms with E-state index >= 15 is 0 Å². The Kier molecular flexibility index (Phi) is 5.29. The van der Waals surface area contributed by atoms with Crippen molar-refractivity contribution >= 4 is 23.2 Å². The molecule has 2 N–H and O–H groups in total. The van der Waals surface area contributed by atoms with Gasteiger partial charge in [0.2, 0.25) is 0 Å². The normalized spacial score (nSPS) is 11.8. The molecule has 3 rings (SSSR count). The Labute approximate surface area is 146 Å². The second-order valence-corrected chi connectivity index (χ2v) is 5.92. The lowest BCUT2D eigenvalue weighted by molar-refractivity contribution is 0.871. The lowest BCUT2D eigenvalue weighted by atomic mass is 10.1. The Morgan fingerprint density at radius 3 is 2.46 bits per heavy atom. The summed E-state index contributed by atoms with van der Waals surface area (Å²) in [5.41, 5.74) is 2.24. The van der Waals surface area contributed by atoms with E-state index in [4.69, 9.17) is 11.6 Å². The molecule has 0 fully saturated rings. The molecule has 5 heteroatoms. The first-order valence-corrected chi connectivity index (χ1v) is 8.21. The highest BCUT2D eigenvalue weighted by Crippen LogP contribution is 2.20. The lowest BCUT2D eigenvalue weighted by Gasteiger charge is -2.15. The van der Waals surface area contributed by atoms with Crippen molar-refractivity contribution < 1.29 is 0 Å². The van der Waals surface area contributed by atoms with Crippen LogP contribution in [-0.4, -0.2) is 9.97 Å². The minimum atomic E-state index is 0.164. The Morgan fingerprint density at radius 1 is 0.958 bits per heavy atom. The molecule has 0 aliphatic carbocycles. The number of nitrogens with one attached hydrogen (secondary N) is 2. The highest BCUT2D eigenvalue weighted by Gasteiger charge is 2.06. The summed E-state index contributed by atoms with van der Waals surface area (Å²) in [5, 5.41) is 7.42. The maximum absolute atomic E-state index is 6.17. The van der Waals surface area contributed by atoms with Crippen LogP contribution in [0.2, 0.25) is 5.02 Å². The van der Waals surface area contributed by atoms with Crippen molar-refractivity contribution in [1.29, 1.82) is 0 Å². The molecule has 0 aliphatic heterocycles. The molecule has 4 nitrogen and oxygen atoms in total. The largest absolute Gasteiger partial charge is 0.366 e. The van der Waals surface area contributed by atoms with E-state index in [1.807, 2.05) is 48.5 Å². The van der Waals surface area contributed by atoms with Gasteiger partial charge in [-0.2, -0.15) is 0 Å². The van der Waals surface area contributed by atoms with Gasteiger partial charge in [-0.1, -0.05) is 60.1 Å². The van der Waals surface area contributed by atoms with Crippen molar-refractivity contribution in [2.75, 3.05) is 10.6 Å². The zero-order chi connectivity index (χ0) is 16.8. The van der Waals surface area contributed by atoms with Gasteiger partial charge < -0.3 is 10.6 Å². The molecule has 122 valence electrons. The molecule has 0 spiro atoms. The summed E-state index contributed by atoms with van der Waals surface area (Å²) in [6.07, 6.45) is 1.55. The van der Waals surface area contributed by atoms with E-state index in [2.05, 4.69) is 39.7 Å². The van der Waals surface area contributed by atoms with Crippen LogP contribution in [0.5, 0.6) is 0 Å². The zero-order valence-corrected chi connectivity index (χ0v) is 14.2. The minimum absolute atomic E-state index is 0.164. The third-order valence-electron chi connectivity index (χ3n) is 3.75. The van der Waals surface area contributed by atoms with Gasteiger partial charge in [0.25, 0.3) is 0 Å². The van der Waals surface area contributed by atoms with Gasteiger partial charge in [0, 0.05) is 23.7 Å². The fourth-order valence-electron chi connectivity index (χ4n) is 2.41. The van der Waals surface area contributed by atoms with Crippen LogP contribution in [0.1, 0.15) is 24.1 Å². The molecule has 2 aromatic carbocycles. The van der Waals surface area contributed by atoms with Gasteiger partial charge in [0.05, 0.1) is 0 Å². The second kappa shape index (κ2) is 7.79. The maximum atomic E-state index is 6.17. The smallest absolute Gasteiger partial charge is 0.131 e. The van der Waals surface area contributed by atoms with Gasteiger partial charge in [0.1, 0.15) is 18.0 Å². The fourth-order valence-corrected chi connectivity index (χ4v) is 2.61. The number of hydrogen-bond acceptors (Lipinski definition) is 4. The third-order valence-corrected chi connectivity index (χ3v) is 4.12. The van der Waals surface area contributed by atoms with Gasteiger partial charge in [-0.3, -0.25) is 0 Å². The quantitative estimate of drug-likeness (QED) is 0.670. The van der Waals surface area contributed by atoms with E-state index < -0.39 is 0 Å². The van der Waals surface area contributed by atoms with Crippen molar-refractivity contribution in [2.24, 2.45) is 0 Å². The van der Waals surface area contributed by atoms with Crippen LogP contribution in [0, 0.1) is 0 Å². The van der Waals surface area contributed by atoms with Crippen molar-refractivity contribution in [2.45, 2.75) is 19.5 Å². The summed E-state index contributed by atoms with van der Waals surface area (Å²) in [7, 11) is 0. The summed E-state index contributed by atoms with van der Waals surface area (Å²) >= 11 is 6.17. The van der Waals surface area contributed by atoms with E-state index in [-0.39, 0.29) is 6.04 Å². The van der Waals surface area contributed by atoms with E-state index in [9.17, 15) is 0 Å². The predicted molar refractivity (Wildman–Crippen MR) is 99.3 cm³/mol. The second-order valence-electron chi connectivity index (χ2n) is 5.51. The van der Waals surface area contributed by atoms with Crippen LogP contribution in [0.15, 0.2) is 67.0 Å². The summed E-state index contributed by atoms with van der Waals surface area (Å²) in [6, 6.07) is 20.1. The number of anilines is 2. The van der Waals surface area contributed by atoms with Crippen LogP contribution in [0.3, 0.4) is 0 Å². The number of nitrogens with zero attached hydrogens (tertiary/aromatic N) is 2. The van der Waals surface area contributed by atoms with Crippen molar-refractivity contribution in [3.05, 3.63) is 83.1 Å². The Balaban J connectivity index is 1.65.